The summed E-state index contributed by atoms with van der Waals surface area (Å²) in [5.74, 6) is 0.752. The molecule has 14 heteroatoms. The second kappa shape index (κ2) is 15.4. The number of thioether (sulfide) groups is 1. The summed E-state index contributed by atoms with van der Waals surface area (Å²) in [5.41, 5.74) is 9.49. The molecule has 2 saturated heterocycles. The van der Waals surface area contributed by atoms with E-state index in [1.165, 1.54) is 6.33 Å². The van der Waals surface area contributed by atoms with Crippen molar-refractivity contribution in [3.63, 3.8) is 0 Å². The Bertz CT molecular complexity index is 2230. The van der Waals surface area contributed by atoms with Gasteiger partial charge < -0.3 is 15.4 Å². The zero-order valence-electron chi connectivity index (χ0n) is 29.6. The van der Waals surface area contributed by atoms with Crippen LogP contribution in [0.5, 0.6) is 11.5 Å². The monoisotopic (exact) mass is 744 g/mol. The summed E-state index contributed by atoms with van der Waals surface area (Å²) in [6.07, 6.45) is 6.75. The molecule has 13 nitrogen and oxygen atoms in total. The summed E-state index contributed by atoms with van der Waals surface area (Å²) >= 11 is 1.56. The molecule has 3 aromatic carbocycles. The lowest BCUT2D eigenvalue weighted by atomic mass is 10.0. The van der Waals surface area contributed by atoms with E-state index in [1.807, 2.05) is 65.3 Å². The van der Waals surface area contributed by atoms with Gasteiger partial charge in [-0.05, 0) is 99.5 Å². The van der Waals surface area contributed by atoms with E-state index in [9.17, 15) is 19.2 Å². The molecular formula is C40H40N8O5S. The topological polar surface area (TPSA) is 166 Å². The first kappa shape index (κ1) is 35.4. The van der Waals surface area contributed by atoms with Crippen molar-refractivity contribution in [3.05, 3.63) is 90.3 Å². The van der Waals surface area contributed by atoms with Crippen molar-refractivity contribution in [1.29, 1.82) is 0 Å². The fourth-order valence-electron chi connectivity index (χ4n) is 7.59. The smallest absolute Gasteiger partial charge is 0.263 e. The molecule has 0 aliphatic carbocycles. The number of nitrogen functional groups attached to an aromatic ring is 1. The molecule has 5 aromatic rings. The van der Waals surface area contributed by atoms with Gasteiger partial charge in [-0.15, -0.1) is 11.8 Å². The van der Waals surface area contributed by atoms with Gasteiger partial charge in [0.1, 0.15) is 35.4 Å². The number of amides is 4. The summed E-state index contributed by atoms with van der Waals surface area (Å²) in [5, 5.41) is 8.10. The van der Waals surface area contributed by atoms with Crippen LogP contribution in [0.25, 0.3) is 22.3 Å². The zero-order valence-corrected chi connectivity index (χ0v) is 30.5. The Morgan fingerprint density at radius 3 is 2.50 bits per heavy atom. The predicted octanol–water partition coefficient (Wildman–Crippen LogP) is 5.87. The quantitative estimate of drug-likeness (QED) is 0.0892. The van der Waals surface area contributed by atoms with Crippen LogP contribution >= 0.6 is 11.8 Å². The fraction of sp³-hybridized carbons (Fsp3) is 0.325. The molecule has 2 atom stereocenters. The van der Waals surface area contributed by atoms with E-state index < -0.39 is 23.8 Å². The summed E-state index contributed by atoms with van der Waals surface area (Å²) in [7, 11) is 0. The molecule has 0 spiro atoms. The van der Waals surface area contributed by atoms with Crippen LogP contribution in [0.2, 0.25) is 0 Å². The van der Waals surface area contributed by atoms with Gasteiger partial charge in [0, 0.05) is 23.4 Å². The predicted molar refractivity (Wildman–Crippen MR) is 204 cm³/mol. The van der Waals surface area contributed by atoms with Gasteiger partial charge in [0.2, 0.25) is 11.8 Å². The second-order valence-electron chi connectivity index (χ2n) is 13.8. The minimum atomic E-state index is -0.971. The Morgan fingerprint density at radius 1 is 0.870 bits per heavy atom. The molecule has 2 fully saturated rings. The summed E-state index contributed by atoms with van der Waals surface area (Å²) in [4.78, 5) is 63.9. The largest absolute Gasteiger partial charge is 0.457 e. The average Bonchev–Trinajstić information content (AvgIpc) is 3.70. The van der Waals surface area contributed by atoms with Crippen LogP contribution in [0.15, 0.2) is 84.0 Å². The van der Waals surface area contributed by atoms with Crippen molar-refractivity contribution < 1.29 is 23.9 Å². The van der Waals surface area contributed by atoms with Gasteiger partial charge in [-0.1, -0.05) is 30.7 Å². The SMILES string of the molecule is Nc1ncnc2c1c(-c1ccc(Oc3ccccc3)cc1)nn2[C@@H]1CCCN(CCCCCSc2cccc3c2C(=O)N(C2CCC(=O)NC2=O)C3=O)C1. The Balaban J connectivity index is 0.863. The Labute approximate surface area is 316 Å². The van der Waals surface area contributed by atoms with E-state index in [4.69, 9.17) is 15.6 Å². The lowest BCUT2D eigenvalue weighted by Gasteiger charge is -2.33. The van der Waals surface area contributed by atoms with Gasteiger partial charge in [0.05, 0.1) is 22.6 Å². The van der Waals surface area contributed by atoms with Crippen molar-refractivity contribution >= 4 is 52.2 Å². The minimum absolute atomic E-state index is 0.0935. The third-order valence-corrected chi connectivity index (χ3v) is 11.4. The zero-order chi connectivity index (χ0) is 37.2. The summed E-state index contributed by atoms with van der Waals surface area (Å²) < 4.78 is 8.03. The van der Waals surface area contributed by atoms with Crippen LogP contribution in [-0.2, 0) is 9.59 Å². The first-order chi connectivity index (χ1) is 26.4. The maximum atomic E-state index is 13.4. The molecule has 8 rings (SSSR count). The van der Waals surface area contributed by atoms with E-state index in [2.05, 4.69) is 20.2 Å². The molecule has 5 heterocycles. The number of carbonyl (C=O) groups excluding carboxylic acids is 4. The van der Waals surface area contributed by atoms with Crippen LogP contribution in [0.4, 0.5) is 5.82 Å². The molecule has 54 heavy (non-hydrogen) atoms. The number of nitrogens with zero attached hydrogens (tertiary/aromatic N) is 6. The van der Waals surface area contributed by atoms with Crippen LogP contribution in [-0.4, -0.2) is 84.6 Å². The number of anilines is 1. The molecule has 3 aliphatic heterocycles. The lowest BCUT2D eigenvalue weighted by molar-refractivity contribution is -0.136. The Hall–Kier alpha value is -5.60. The van der Waals surface area contributed by atoms with Crippen molar-refractivity contribution in [2.24, 2.45) is 0 Å². The highest BCUT2D eigenvalue weighted by Gasteiger charge is 2.45. The molecule has 276 valence electrons. The summed E-state index contributed by atoms with van der Waals surface area (Å²) in [6.45, 7) is 2.84. The molecule has 3 aliphatic rings. The number of benzene rings is 3. The highest BCUT2D eigenvalue weighted by atomic mass is 32.2. The molecule has 4 amide bonds. The summed E-state index contributed by atoms with van der Waals surface area (Å²) in [6, 6.07) is 21.9. The average molecular weight is 745 g/mol. The molecule has 0 radical (unpaired) electrons. The standard InChI is InChI=1S/C40H40N8O5S/c41-36-34-35(25-14-16-28(17-15-25)53-27-10-3-1-4-11-27)45-48(37(34)43-24-42-36)26-9-8-21-46(23-26)20-5-2-6-22-54-31-13-7-12-29-33(31)40(52)47(39(29)51)30-18-19-32(49)44-38(30)50/h1,3-4,7,10-17,24,26,30H,2,5-6,8-9,18-23H2,(H2,41,42,43)(H,44,49,50)/t26-,30?/m1/s1. The van der Waals surface area contributed by atoms with E-state index >= 15 is 0 Å². The number of rotatable bonds is 12. The third kappa shape index (κ3) is 7.06. The second-order valence-corrected chi connectivity index (χ2v) is 15.0. The van der Waals surface area contributed by atoms with Crippen LogP contribution in [0.3, 0.4) is 0 Å². The van der Waals surface area contributed by atoms with Gasteiger partial charge in [-0.2, -0.15) is 5.10 Å². The fourth-order valence-corrected chi connectivity index (χ4v) is 8.68. The van der Waals surface area contributed by atoms with Crippen molar-refractivity contribution in [2.45, 2.75) is 61.9 Å². The number of para-hydroxylation sites is 1. The molecule has 2 aromatic heterocycles. The maximum Gasteiger partial charge on any atom is 0.263 e. The van der Waals surface area contributed by atoms with Gasteiger partial charge in [0.15, 0.2) is 5.65 Å². The number of nitrogens with one attached hydrogen (secondary N) is 1. The number of ether oxygens (including phenoxy) is 1. The number of unbranched alkanes of at least 4 members (excludes halogenated alkanes) is 2. The number of hydrogen-bond donors (Lipinski definition) is 2. The van der Waals surface area contributed by atoms with Gasteiger partial charge >= 0.3 is 0 Å². The van der Waals surface area contributed by atoms with Gasteiger partial charge in [-0.3, -0.25) is 29.4 Å². The lowest BCUT2D eigenvalue weighted by Crippen LogP contribution is -2.54. The Kier molecular flexibility index (Phi) is 10.1. The molecule has 1 unspecified atom stereocenters. The number of piperidine rings is 2. The molecule has 3 N–H and O–H groups in total. The number of likely N-dealkylation sites (tertiary alicyclic amines) is 1. The van der Waals surface area contributed by atoms with E-state index in [-0.39, 0.29) is 24.8 Å². The van der Waals surface area contributed by atoms with E-state index in [0.717, 1.165) is 101 Å². The third-order valence-electron chi connectivity index (χ3n) is 10.3. The first-order valence-corrected chi connectivity index (χ1v) is 19.4. The number of hydrogen-bond acceptors (Lipinski definition) is 11. The maximum absolute atomic E-state index is 13.4. The van der Waals surface area contributed by atoms with Gasteiger partial charge in [0.25, 0.3) is 11.8 Å². The van der Waals surface area contributed by atoms with Gasteiger partial charge in [-0.25, -0.2) is 14.6 Å². The van der Waals surface area contributed by atoms with E-state index in [1.54, 1.807) is 23.9 Å². The highest BCUT2D eigenvalue weighted by Crippen LogP contribution is 2.36. The van der Waals surface area contributed by atoms with Crippen LogP contribution in [0.1, 0.15) is 71.7 Å². The number of aromatic nitrogens is 4. The number of fused-ring (bicyclic) bond motifs is 2. The first-order valence-electron chi connectivity index (χ1n) is 18.4. The minimum Gasteiger partial charge on any atom is -0.457 e. The van der Waals surface area contributed by atoms with Crippen molar-refractivity contribution in [1.82, 2.24) is 34.9 Å². The number of nitrogens with two attached hydrogens (primary N) is 1. The molecule has 0 bridgehead atoms. The number of carbonyl (C=O) groups is 4. The Morgan fingerprint density at radius 2 is 1.69 bits per heavy atom. The van der Waals surface area contributed by atoms with Crippen LogP contribution in [0, 0.1) is 0 Å². The van der Waals surface area contributed by atoms with Crippen molar-refractivity contribution in [2.75, 3.05) is 31.1 Å². The van der Waals surface area contributed by atoms with E-state index in [0.29, 0.717) is 16.9 Å². The highest BCUT2D eigenvalue weighted by molar-refractivity contribution is 7.99. The number of imide groups is 2. The van der Waals surface area contributed by atoms with Crippen molar-refractivity contribution in [3.8, 4) is 22.8 Å². The molecular weight excluding hydrogens is 705 g/mol. The molecule has 0 saturated carbocycles. The van der Waals surface area contributed by atoms with Crippen LogP contribution < -0.4 is 15.8 Å². The normalized spacial score (nSPS) is 19.0.